The molecule has 1 aliphatic rings. The van der Waals surface area contributed by atoms with Gasteiger partial charge in [0.1, 0.15) is 0 Å². The number of aryl methyl sites for hydroxylation is 1. The highest BCUT2D eigenvalue weighted by molar-refractivity contribution is 5.76. The van der Waals surface area contributed by atoms with Crippen LogP contribution in [0.3, 0.4) is 0 Å². The number of hydrogen-bond donors (Lipinski definition) is 2. The van der Waals surface area contributed by atoms with Gasteiger partial charge in [-0.05, 0) is 12.0 Å². The molecule has 2 heterocycles. The van der Waals surface area contributed by atoms with E-state index in [-0.39, 0.29) is 19.1 Å². The van der Waals surface area contributed by atoms with Crippen molar-refractivity contribution >= 4 is 12.0 Å². The molecule has 0 saturated carbocycles. The lowest BCUT2D eigenvalue weighted by molar-refractivity contribution is -0.139. The Balaban J connectivity index is 1.81. The third-order valence-electron chi connectivity index (χ3n) is 3.35. The van der Waals surface area contributed by atoms with Crippen molar-refractivity contribution in [3.8, 4) is 0 Å². The van der Waals surface area contributed by atoms with Crippen LogP contribution in [0.5, 0.6) is 0 Å². The number of morpholine rings is 1. The molecule has 2 amide bonds. The number of amides is 2. The second-order valence-electron chi connectivity index (χ2n) is 5.02. The fraction of sp³-hybridized carbons (Fsp3) is 0.615. The number of urea groups is 1. The van der Waals surface area contributed by atoms with E-state index < -0.39 is 12.0 Å². The Labute approximate surface area is 122 Å². The number of hydrogen-bond acceptors (Lipinski definition) is 4. The molecule has 1 fully saturated rings. The lowest BCUT2D eigenvalue weighted by Gasteiger charge is -2.34. The van der Waals surface area contributed by atoms with E-state index in [1.165, 1.54) is 0 Å². The van der Waals surface area contributed by atoms with Crippen LogP contribution >= 0.6 is 0 Å². The van der Waals surface area contributed by atoms with Gasteiger partial charge in [0.25, 0.3) is 0 Å². The molecule has 0 bridgehead atoms. The van der Waals surface area contributed by atoms with Crippen molar-refractivity contribution in [2.45, 2.75) is 18.9 Å². The van der Waals surface area contributed by atoms with Crippen molar-refractivity contribution in [2.24, 2.45) is 7.05 Å². The van der Waals surface area contributed by atoms with Crippen molar-refractivity contribution in [3.05, 3.63) is 18.0 Å². The van der Waals surface area contributed by atoms with Crippen LogP contribution in [0.1, 0.15) is 12.0 Å². The molecule has 0 radical (unpaired) electrons. The molecule has 0 aliphatic carbocycles. The molecule has 116 valence electrons. The molecule has 1 unspecified atom stereocenters. The summed E-state index contributed by atoms with van der Waals surface area (Å²) in [6.45, 7) is 1.60. The standard InChI is InChI=1S/C13H20N4O4/c1-16-8-10(7-15-16)2-3-14-13(20)17-4-5-21-9-11(17)6-12(18)19/h7-8,11H,2-6,9H2,1H3,(H,14,20)(H,18,19). The van der Waals surface area contributed by atoms with Gasteiger partial charge in [-0.3, -0.25) is 9.48 Å². The first kappa shape index (κ1) is 15.3. The van der Waals surface area contributed by atoms with Crippen LogP contribution in [0.25, 0.3) is 0 Å². The number of carbonyl (C=O) groups excluding carboxylic acids is 1. The molecule has 2 rings (SSSR count). The number of ether oxygens (including phenoxy) is 1. The molecule has 1 aromatic heterocycles. The summed E-state index contributed by atoms with van der Waals surface area (Å²) in [5.41, 5.74) is 1.04. The van der Waals surface area contributed by atoms with Crippen molar-refractivity contribution in [1.82, 2.24) is 20.0 Å². The highest BCUT2D eigenvalue weighted by atomic mass is 16.5. The maximum atomic E-state index is 12.1. The second kappa shape index (κ2) is 7.07. The van der Waals surface area contributed by atoms with Gasteiger partial charge in [-0.2, -0.15) is 5.10 Å². The third kappa shape index (κ3) is 4.45. The molecular weight excluding hydrogens is 276 g/mol. The maximum absolute atomic E-state index is 12.1. The van der Waals surface area contributed by atoms with E-state index in [2.05, 4.69) is 10.4 Å². The van der Waals surface area contributed by atoms with Crippen molar-refractivity contribution in [1.29, 1.82) is 0 Å². The van der Waals surface area contributed by atoms with E-state index in [1.807, 2.05) is 13.2 Å². The lowest BCUT2D eigenvalue weighted by Crippen LogP contribution is -2.53. The number of carboxylic acid groups (broad SMARTS) is 1. The summed E-state index contributed by atoms with van der Waals surface area (Å²) in [5.74, 6) is -0.932. The van der Waals surface area contributed by atoms with Gasteiger partial charge in [-0.15, -0.1) is 0 Å². The van der Waals surface area contributed by atoms with Crippen LogP contribution in [0.4, 0.5) is 4.79 Å². The van der Waals surface area contributed by atoms with E-state index in [4.69, 9.17) is 9.84 Å². The van der Waals surface area contributed by atoms with E-state index >= 15 is 0 Å². The van der Waals surface area contributed by atoms with E-state index in [0.717, 1.165) is 5.56 Å². The van der Waals surface area contributed by atoms with Crippen LogP contribution in [0.15, 0.2) is 12.4 Å². The average Bonchev–Trinajstić information content (AvgIpc) is 2.84. The minimum Gasteiger partial charge on any atom is -0.481 e. The van der Waals surface area contributed by atoms with Crippen LogP contribution < -0.4 is 5.32 Å². The zero-order chi connectivity index (χ0) is 15.2. The second-order valence-corrected chi connectivity index (χ2v) is 5.02. The van der Waals surface area contributed by atoms with Gasteiger partial charge in [-0.1, -0.05) is 0 Å². The topological polar surface area (TPSA) is 96.7 Å². The number of aromatic nitrogens is 2. The first-order valence-electron chi connectivity index (χ1n) is 6.88. The normalized spacial score (nSPS) is 18.5. The number of carbonyl (C=O) groups is 2. The summed E-state index contributed by atoms with van der Waals surface area (Å²) in [4.78, 5) is 24.5. The lowest BCUT2D eigenvalue weighted by atomic mass is 10.1. The molecule has 1 aliphatic heterocycles. The molecule has 1 saturated heterocycles. The zero-order valence-electron chi connectivity index (χ0n) is 12.0. The number of carboxylic acids is 1. The Kier molecular flexibility index (Phi) is 5.15. The predicted octanol–water partition coefficient (Wildman–Crippen LogP) is -0.152. The fourth-order valence-electron chi connectivity index (χ4n) is 2.31. The van der Waals surface area contributed by atoms with Gasteiger partial charge in [0.15, 0.2) is 0 Å². The fourth-order valence-corrected chi connectivity index (χ4v) is 2.31. The Morgan fingerprint density at radius 1 is 1.57 bits per heavy atom. The minimum atomic E-state index is -0.932. The van der Waals surface area contributed by atoms with Crippen LogP contribution in [0, 0.1) is 0 Å². The van der Waals surface area contributed by atoms with Crippen molar-refractivity contribution < 1.29 is 19.4 Å². The van der Waals surface area contributed by atoms with Gasteiger partial charge in [0.05, 0.1) is 31.9 Å². The number of rotatable bonds is 5. The summed E-state index contributed by atoms with van der Waals surface area (Å²) in [6, 6.07) is -0.650. The zero-order valence-corrected chi connectivity index (χ0v) is 12.0. The Bertz CT molecular complexity index is 502. The first-order valence-corrected chi connectivity index (χ1v) is 6.88. The maximum Gasteiger partial charge on any atom is 0.317 e. The Hall–Kier alpha value is -2.09. The Morgan fingerprint density at radius 3 is 3.05 bits per heavy atom. The number of nitrogens with one attached hydrogen (secondary N) is 1. The van der Waals surface area contributed by atoms with Gasteiger partial charge in [0, 0.05) is 26.3 Å². The van der Waals surface area contributed by atoms with E-state index in [1.54, 1.807) is 15.8 Å². The summed E-state index contributed by atoms with van der Waals surface area (Å²) >= 11 is 0. The SMILES string of the molecule is Cn1cc(CCNC(=O)N2CCOCC2CC(=O)O)cn1. The molecule has 1 atom stereocenters. The third-order valence-corrected chi connectivity index (χ3v) is 3.35. The molecule has 0 spiro atoms. The number of nitrogens with zero attached hydrogens (tertiary/aromatic N) is 3. The largest absolute Gasteiger partial charge is 0.481 e. The Morgan fingerprint density at radius 2 is 2.38 bits per heavy atom. The molecule has 8 nitrogen and oxygen atoms in total. The van der Waals surface area contributed by atoms with Crippen molar-refractivity contribution in [2.75, 3.05) is 26.3 Å². The monoisotopic (exact) mass is 296 g/mol. The smallest absolute Gasteiger partial charge is 0.317 e. The summed E-state index contributed by atoms with van der Waals surface area (Å²) in [6.07, 6.45) is 4.24. The summed E-state index contributed by atoms with van der Waals surface area (Å²) in [5, 5.41) is 15.7. The first-order chi connectivity index (χ1) is 10.1. The van der Waals surface area contributed by atoms with Crippen LogP contribution in [-0.4, -0.2) is 64.1 Å². The highest BCUT2D eigenvalue weighted by Gasteiger charge is 2.28. The highest BCUT2D eigenvalue weighted by Crippen LogP contribution is 2.11. The molecule has 0 aromatic carbocycles. The predicted molar refractivity (Wildman–Crippen MR) is 73.9 cm³/mol. The quantitative estimate of drug-likeness (QED) is 0.787. The van der Waals surface area contributed by atoms with Gasteiger partial charge in [-0.25, -0.2) is 4.79 Å². The van der Waals surface area contributed by atoms with Crippen LogP contribution in [0.2, 0.25) is 0 Å². The minimum absolute atomic E-state index is 0.101. The number of aliphatic carboxylic acids is 1. The van der Waals surface area contributed by atoms with Gasteiger partial charge in [0.2, 0.25) is 0 Å². The van der Waals surface area contributed by atoms with Gasteiger partial charge < -0.3 is 20.1 Å². The molecule has 1 aromatic rings. The summed E-state index contributed by atoms with van der Waals surface area (Å²) in [7, 11) is 1.84. The molecule has 8 heteroatoms. The van der Waals surface area contributed by atoms with Gasteiger partial charge >= 0.3 is 12.0 Å². The molecule has 2 N–H and O–H groups in total. The van der Waals surface area contributed by atoms with Crippen LogP contribution in [-0.2, 0) is 23.0 Å². The average molecular weight is 296 g/mol. The molecule has 21 heavy (non-hydrogen) atoms. The van der Waals surface area contributed by atoms with E-state index in [0.29, 0.717) is 26.1 Å². The summed E-state index contributed by atoms with van der Waals surface area (Å²) < 4.78 is 6.95. The van der Waals surface area contributed by atoms with E-state index in [9.17, 15) is 9.59 Å². The van der Waals surface area contributed by atoms with Crippen molar-refractivity contribution in [3.63, 3.8) is 0 Å². The molecular formula is C13H20N4O4.